The average molecular weight is 166 g/mol. The maximum atomic E-state index is 9.29. The van der Waals surface area contributed by atoms with Crippen molar-refractivity contribution in [3.8, 4) is 0 Å². The van der Waals surface area contributed by atoms with Crippen molar-refractivity contribution in [1.82, 2.24) is 9.03 Å². The second-order valence-corrected chi connectivity index (χ2v) is 4.13. The smallest absolute Gasteiger partial charge is 0.0204 e. The van der Waals surface area contributed by atoms with Crippen molar-refractivity contribution in [1.29, 1.82) is 0 Å². The molecule has 10 heavy (non-hydrogen) atoms. The molecular weight excluding hydrogens is 152 g/mol. The molecule has 3 N–H and O–H groups in total. The molecule has 4 nitrogen and oxygen atoms in total. The van der Waals surface area contributed by atoms with Crippen LogP contribution in [-0.4, -0.2) is 33.0 Å². The van der Waals surface area contributed by atoms with Gasteiger partial charge in [-0.3, -0.25) is 9.11 Å². The molecule has 0 bridgehead atoms. The zero-order valence-electron chi connectivity index (χ0n) is 6.08. The van der Waals surface area contributed by atoms with Gasteiger partial charge in [0.25, 0.3) is 0 Å². The van der Waals surface area contributed by atoms with Gasteiger partial charge in [-0.05, 0) is 6.42 Å². The molecule has 1 fully saturated rings. The van der Waals surface area contributed by atoms with Gasteiger partial charge in [0.05, 0.1) is 0 Å². The summed E-state index contributed by atoms with van der Waals surface area (Å²) in [6.07, 6.45) is 0.990. The Kier molecular flexibility index (Phi) is 2.54. The van der Waals surface area contributed by atoms with Gasteiger partial charge >= 0.3 is 0 Å². The van der Waals surface area contributed by atoms with Crippen molar-refractivity contribution in [2.24, 2.45) is 0 Å². The minimum Gasteiger partial charge on any atom is -0.272 e. The molecule has 0 atom stereocenters. The van der Waals surface area contributed by atoms with Gasteiger partial charge in [0, 0.05) is 19.6 Å². The number of hydrogen-bond acceptors (Lipinski definition) is 4. The van der Waals surface area contributed by atoms with Crippen LogP contribution in [0, 0.1) is 0 Å². The molecule has 0 amide bonds. The van der Waals surface area contributed by atoms with Crippen LogP contribution in [0.5, 0.6) is 0 Å². The lowest BCUT2D eigenvalue weighted by molar-refractivity contribution is 0.320. The topological polar surface area (TPSA) is 55.7 Å². The standard InChI is InChI=1S/C5H14N2O2S/c1-2-7-5-3-4-6-10(7,8)9/h6,8-9H,2-5H2,1H3. The Bertz CT molecular complexity index is 120. The third-order valence-electron chi connectivity index (χ3n) is 1.59. The van der Waals surface area contributed by atoms with Gasteiger partial charge in [0.15, 0.2) is 0 Å². The summed E-state index contributed by atoms with van der Waals surface area (Å²) in [5, 5.41) is 0. The maximum absolute atomic E-state index is 9.29. The Labute approximate surface area is 62.8 Å². The molecule has 0 saturated carbocycles. The molecule has 0 radical (unpaired) electrons. The predicted octanol–water partition coefficient (Wildman–Crippen LogP) is 0.882. The van der Waals surface area contributed by atoms with Crippen LogP contribution in [0.3, 0.4) is 0 Å². The molecule has 0 aromatic carbocycles. The summed E-state index contributed by atoms with van der Waals surface area (Å²) in [5.41, 5.74) is 0. The predicted molar refractivity (Wildman–Crippen MR) is 42.7 cm³/mol. The first-order valence-corrected chi connectivity index (χ1v) is 4.95. The van der Waals surface area contributed by atoms with Gasteiger partial charge < -0.3 is 0 Å². The number of hydrogen-bond donors (Lipinski definition) is 3. The van der Waals surface area contributed by atoms with Gasteiger partial charge in [-0.2, -0.15) is 4.31 Å². The van der Waals surface area contributed by atoms with Gasteiger partial charge in [-0.15, -0.1) is 0 Å². The van der Waals surface area contributed by atoms with E-state index in [-0.39, 0.29) is 0 Å². The van der Waals surface area contributed by atoms with Crippen LogP contribution < -0.4 is 4.72 Å². The lowest BCUT2D eigenvalue weighted by Crippen LogP contribution is -2.42. The fraction of sp³-hybridized carbons (Fsp3) is 1.00. The van der Waals surface area contributed by atoms with E-state index >= 15 is 0 Å². The van der Waals surface area contributed by atoms with E-state index in [0.717, 1.165) is 13.0 Å². The molecule has 1 saturated heterocycles. The average Bonchev–Trinajstić information content (AvgIpc) is 1.87. The molecular formula is C5H14N2O2S. The monoisotopic (exact) mass is 166 g/mol. The van der Waals surface area contributed by atoms with Crippen molar-refractivity contribution in [3.05, 3.63) is 0 Å². The van der Waals surface area contributed by atoms with Crippen LogP contribution in [-0.2, 0) is 0 Å². The van der Waals surface area contributed by atoms with E-state index in [1.807, 2.05) is 6.92 Å². The number of rotatable bonds is 1. The molecule has 0 aromatic heterocycles. The molecule has 5 heteroatoms. The molecule has 62 valence electrons. The molecule has 0 aromatic rings. The Hall–Kier alpha value is 0.190. The van der Waals surface area contributed by atoms with Crippen LogP contribution >= 0.6 is 11.0 Å². The highest BCUT2D eigenvalue weighted by molar-refractivity contribution is 8.20. The Balaban J connectivity index is 2.51. The van der Waals surface area contributed by atoms with Crippen molar-refractivity contribution >= 4 is 11.0 Å². The zero-order chi connectivity index (χ0) is 7.61. The van der Waals surface area contributed by atoms with Crippen LogP contribution in [0.15, 0.2) is 0 Å². The normalized spacial score (nSPS) is 29.9. The first-order chi connectivity index (χ1) is 4.67. The fourth-order valence-corrected chi connectivity index (χ4v) is 2.37. The largest absolute Gasteiger partial charge is 0.272 e. The molecule has 0 unspecified atom stereocenters. The van der Waals surface area contributed by atoms with Crippen LogP contribution in [0.25, 0.3) is 0 Å². The third-order valence-corrected chi connectivity index (χ3v) is 3.35. The highest BCUT2D eigenvalue weighted by Crippen LogP contribution is 2.40. The Morgan fingerprint density at radius 3 is 2.70 bits per heavy atom. The lowest BCUT2D eigenvalue weighted by Gasteiger charge is -2.45. The highest BCUT2D eigenvalue weighted by Gasteiger charge is 2.23. The summed E-state index contributed by atoms with van der Waals surface area (Å²) in [4.78, 5) is 0. The zero-order valence-corrected chi connectivity index (χ0v) is 6.89. The van der Waals surface area contributed by atoms with E-state index in [9.17, 15) is 9.11 Å². The fourth-order valence-electron chi connectivity index (χ4n) is 1.02. The molecule has 1 aliphatic heterocycles. The number of nitrogens with zero attached hydrogens (tertiary/aromatic N) is 1. The summed E-state index contributed by atoms with van der Waals surface area (Å²) >= 11 is 0. The van der Waals surface area contributed by atoms with Crippen molar-refractivity contribution in [2.45, 2.75) is 13.3 Å². The van der Waals surface area contributed by atoms with E-state index in [4.69, 9.17) is 0 Å². The van der Waals surface area contributed by atoms with Gasteiger partial charge in [0.1, 0.15) is 0 Å². The van der Waals surface area contributed by atoms with E-state index in [1.54, 1.807) is 4.31 Å². The minimum atomic E-state index is -2.59. The maximum Gasteiger partial charge on any atom is 0.0204 e. The summed E-state index contributed by atoms with van der Waals surface area (Å²) in [7, 11) is -2.59. The molecule has 1 heterocycles. The molecule has 1 rings (SSSR count). The van der Waals surface area contributed by atoms with Crippen molar-refractivity contribution < 1.29 is 9.11 Å². The second kappa shape index (κ2) is 3.06. The lowest BCUT2D eigenvalue weighted by atomic mass is 10.4. The van der Waals surface area contributed by atoms with Crippen LogP contribution in [0.2, 0.25) is 0 Å². The first kappa shape index (κ1) is 8.29. The summed E-state index contributed by atoms with van der Waals surface area (Å²) in [6, 6.07) is 0. The van der Waals surface area contributed by atoms with Gasteiger partial charge in [-0.1, -0.05) is 17.9 Å². The summed E-state index contributed by atoms with van der Waals surface area (Å²) < 4.78 is 22.9. The highest BCUT2D eigenvalue weighted by atomic mass is 32.3. The Morgan fingerprint density at radius 1 is 1.60 bits per heavy atom. The van der Waals surface area contributed by atoms with E-state index in [1.165, 1.54) is 0 Å². The minimum absolute atomic E-state index is 0.690. The van der Waals surface area contributed by atoms with Crippen molar-refractivity contribution in [3.63, 3.8) is 0 Å². The van der Waals surface area contributed by atoms with Crippen molar-refractivity contribution in [2.75, 3.05) is 19.6 Å². The van der Waals surface area contributed by atoms with Gasteiger partial charge in [0.2, 0.25) is 0 Å². The van der Waals surface area contributed by atoms with E-state index < -0.39 is 11.0 Å². The van der Waals surface area contributed by atoms with Gasteiger partial charge in [-0.25, -0.2) is 4.72 Å². The first-order valence-electron chi connectivity index (χ1n) is 3.44. The molecule has 0 spiro atoms. The van der Waals surface area contributed by atoms with Crippen LogP contribution in [0.1, 0.15) is 13.3 Å². The quantitative estimate of drug-likeness (QED) is 0.541. The Morgan fingerprint density at radius 2 is 2.30 bits per heavy atom. The third kappa shape index (κ3) is 1.62. The van der Waals surface area contributed by atoms with Crippen LogP contribution in [0.4, 0.5) is 0 Å². The molecule has 1 aliphatic rings. The summed E-state index contributed by atoms with van der Waals surface area (Å²) in [5.74, 6) is 0. The second-order valence-electron chi connectivity index (χ2n) is 2.29. The molecule has 0 aliphatic carbocycles. The number of nitrogens with one attached hydrogen (secondary N) is 1. The van der Waals surface area contributed by atoms with E-state index in [0.29, 0.717) is 13.1 Å². The summed E-state index contributed by atoms with van der Waals surface area (Å²) in [6.45, 7) is 4.10. The SMILES string of the molecule is CCN1CCCNS1(O)O. The van der Waals surface area contributed by atoms with E-state index in [2.05, 4.69) is 4.72 Å².